The van der Waals surface area contributed by atoms with Gasteiger partial charge in [-0.2, -0.15) is 0 Å². The molecule has 0 aliphatic heterocycles. The fraction of sp³-hybridized carbons (Fsp3) is 0.364. The average molecular weight is 522 g/mol. The molecule has 0 aliphatic rings. The number of carbonyl (C=O) groups is 2. The van der Waals surface area contributed by atoms with Gasteiger partial charge in [-0.25, -0.2) is 0 Å². The van der Waals surface area contributed by atoms with Gasteiger partial charge < -0.3 is 10.6 Å². The van der Waals surface area contributed by atoms with Gasteiger partial charge in [0.2, 0.25) is 14.9 Å². The fourth-order valence-electron chi connectivity index (χ4n) is 2.70. The highest BCUT2D eigenvalue weighted by atomic mass is 35.6. The summed E-state index contributed by atoms with van der Waals surface area (Å²) < 4.78 is -1.38. The molecule has 0 aromatic heterocycles. The minimum Gasteiger partial charge on any atom is -0.326 e. The molecule has 0 spiro atoms. The molecular formula is C22H27Cl3N2O2S2. The summed E-state index contributed by atoms with van der Waals surface area (Å²) in [6.07, 6.45) is 2.06. The van der Waals surface area contributed by atoms with Gasteiger partial charge in [0.1, 0.15) is 0 Å². The molecule has 0 saturated heterocycles. The summed E-state index contributed by atoms with van der Waals surface area (Å²) in [6.45, 7) is 10.9. The Bertz CT molecular complexity index is 961. The van der Waals surface area contributed by atoms with Gasteiger partial charge in [0.25, 0.3) is 0 Å². The van der Waals surface area contributed by atoms with E-state index in [4.69, 9.17) is 34.8 Å². The zero-order chi connectivity index (χ0) is 23.9. The zero-order valence-corrected chi connectivity index (χ0v) is 22.5. The molecule has 2 N–H and O–H groups in total. The van der Waals surface area contributed by atoms with Crippen molar-refractivity contribution in [2.45, 2.75) is 54.5 Å². The van der Waals surface area contributed by atoms with Crippen LogP contribution in [0.15, 0.2) is 34.1 Å². The lowest BCUT2D eigenvalue weighted by molar-refractivity contribution is -0.115. The molecule has 0 bridgehead atoms. The smallest absolute Gasteiger partial charge is 0.241 e. The summed E-state index contributed by atoms with van der Waals surface area (Å²) >= 11 is 20.1. The van der Waals surface area contributed by atoms with Crippen LogP contribution in [0.4, 0.5) is 11.4 Å². The number of carbonyl (C=O) groups excluding carboxylic acids is 2. The minimum atomic E-state index is -1.38. The van der Waals surface area contributed by atoms with Crippen LogP contribution in [-0.4, -0.2) is 21.2 Å². The van der Waals surface area contributed by atoms with E-state index in [1.54, 1.807) is 11.8 Å². The Morgan fingerprint density at radius 1 is 0.742 bits per heavy atom. The first-order valence-corrected chi connectivity index (χ1v) is 12.5. The van der Waals surface area contributed by atoms with Crippen molar-refractivity contribution in [3.8, 4) is 0 Å². The lowest BCUT2D eigenvalue weighted by atomic mass is 10.1. The van der Waals surface area contributed by atoms with Crippen molar-refractivity contribution in [1.82, 2.24) is 0 Å². The van der Waals surface area contributed by atoms with Crippen molar-refractivity contribution in [1.29, 1.82) is 0 Å². The molecule has 0 heterocycles. The molecule has 2 aromatic carbocycles. The Morgan fingerprint density at radius 3 is 1.48 bits per heavy atom. The topological polar surface area (TPSA) is 58.2 Å². The van der Waals surface area contributed by atoms with Gasteiger partial charge in [-0.15, -0.1) is 11.8 Å². The van der Waals surface area contributed by atoms with Crippen LogP contribution >= 0.6 is 58.3 Å². The molecule has 4 nitrogen and oxygen atoms in total. The van der Waals surface area contributed by atoms with Gasteiger partial charge in [-0.3, -0.25) is 9.59 Å². The molecule has 0 atom stereocenters. The van der Waals surface area contributed by atoms with E-state index in [-0.39, 0.29) is 11.8 Å². The molecule has 9 heteroatoms. The Balaban J connectivity index is 0.000000316. The van der Waals surface area contributed by atoms with Crippen LogP contribution in [-0.2, 0) is 9.59 Å². The van der Waals surface area contributed by atoms with Gasteiger partial charge in [-0.05, 0) is 80.5 Å². The zero-order valence-electron chi connectivity index (χ0n) is 18.6. The molecule has 2 rings (SSSR count). The second kappa shape index (κ2) is 12.3. The third-order valence-electron chi connectivity index (χ3n) is 4.54. The molecule has 0 saturated carbocycles. The number of hydrogen-bond donors (Lipinski definition) is 2. The second-order valence-electron chi connectivity index (χ2n) is 6.84. The summed E-state index contributed by atoms with van der Waals surface area (Å²) in [5.41, 5.74) is 6.04. The third-order valence-corrected chi connectivity index (χ3v) is 7.01. The number of anilines is 2. The highest BCUT2D eigenvalue weighted by molar-refractivity contribution is 8.04. The summed E-state index contributed by atoms with van der Waals surface area (Å²) in [6, 6.07) is 7.64. The molecule has 0 radical (unpaired) electrons. The van der Waals surface area contributed by atoms with Crippen LogP contribution in [0.1, 0.15) is 36.1 Å². The van der Waals surface area contributed by atoms with Crippen molar-refractivity contribution in [2.75, 3.05) is 16.9 Å². The summed E-state index contributed by atoms with van der Waals surface area (Å²) in [5, 5.41) is 5.57. The first kappa shape index (κ1) is 28.0. The Labute approximate surface area is 208 Å². The predicted molar refractivity (Wildman–Crippen MR) is 138 cm³/mol. The number of alkyl halides is 3. The van der Waals surface area contributed by atoms with Crippen molar-refractivity contribution < 1.29 is 9.59 Å². The average Bonchev–Trinajstić information content (AvgIpc) is 2.64. The number of nitrogens with one attached hydrogen (secondary N) is 2. The van der Waals surface area contributed by atoms with Crippen LogP contribution in [0, 0.1) is 27.7 Å². The number of benzene rings is 2. The normalized spacial score (nSPS) is 10.8. The number of rotatable bonds is 4. The highest BCUT2D eigenvalue weighted by Crippen LogP contribution is 2.45. The maximum atomic E-state index is 11.0. The van der Waals surface area contributed by atoms with Gasteiger partial charge in [-0.1, -0.05) is 46.6 Å². The lowest BCUT2D eigenvalue weighted by Gasteiger charge is -2.16. The van der Waals surface area contributed by atoms with Gasteiger partial charge in [0.05, 0.1) is 0 Å². The van der Waals surface area contributed by atoms with E-state index in [0.717, 1.165) is 44.7 Å². The van der Waals surface area contributed by atoms with Crippen molar-refractivity contribution in [3.05, 3.63) is 46.5 Å². The van der Waals surface area contributed by atoms with Crippen LogP contribution in [0.5, 0.6) is 0 Å². The van der Waals surface area contributed by atoms with Crippen LogP contribution < -0.4 is 10.6 Å². The third kappa shape index (κ3) is 9.15. The largest absolute Gasteiger partial charge is 0.326 e. The van der Waals surface area contributed by atoms with E-state index < -0.39 is 3.12 Å². The van der Waals surface area contributed by atoms with E-state index in [9.17, 15) is 9.59 Å². The van der Waals surface area contributed by atoms with Crippen molar-refractivity contribution in [2.24, 2.45) is 0 Å². The van der Waals surface area contributed by atoms with Crippen molar-refractivity contribution >= 4 is 81.5 Å². The maximum absolute atomic E-state index is 11.0. The predicted octanol–water partition coefficient (Wildman–Crippen LogP) is 7.67. The molecule has 0 fully saturated rings. The maximum Gasteiger partial charge on any atom is 0.241 e. The monoisotopic (exact) mass is 520 g/mol. The first-order valence-electron chi connectivity index (χ1n) is 9.32. The lowest BCUT2D eigenvalue weighted by Crippen LogP contribution is -2.08. The number of thioether (sulfide) groups is 2. The van der Waals surface area contributed by atoms with E-state index in [0.29, 0.717) is 0 Å². The highest BCUT2D eigenvalue weighted by Gasteiger charge is 2.23. The minimum absolute atomic E-state index is 0.0237. The Morgan fingerprint density at radius 2 is 1.13 bits per heavy atom. The van der Waals surface area contributed by atoms with Gasteiger partial charge in [0.15, 0.2) is 0 Å². The summed E-state index contributed by atoms with van der Waals surface area (Å²) in [4.78, 5) is 24.1. The Kier molecular flexibility index (Phi) is 11.1. The molecule has 2 aromatic rings. The molecule has 170 valence electrons. The van der Waals surface area contributed by atoms with E-state index in [1.165, 1.54) is 24.3 Å². The summed E-state index contributed by atoms with van der Waals surface area (Å²) in [7, 11) is 0. The molecule has 0 aliphatic carbocycles. The van der Waals surface area contributed by atoms with Gasteiger partial charge >= 0.3 is 0 Å². The first-order chi connectivity index (χ1) is 14.3. The standard InChI is InChI=1S/C11H12Cl3NOS.C11H15NOS/c1-6-7(2)10(17-11(12,13)14)5-4-9(6)15-8(3)16;1-7-8(2)11(14-4)6-5-10(7)12-9(3)13/h4-5H,1-3H3,(H,15,16);5-6H,1-4H3,(H,12,13). The van der Waals surface area contributed by atoms with Crippen LogP contribution in [0.2, 0.25) is 0 Å². The Hall–Kier alpha value is -1.05. The van der Waals surface area contributed by atoms with Gasteiger partial charge in [0, 0.05) is 35.0 Å². The summed E-state index contributed by atoms with van der Waals surface area (Å²) in [5.74, 6) is -0.126. The van der Waals surface area contributed by atoms with E-state index in [1.807, 2.05) is 45.0 Å². The second-order valence-corrected chi connectivity index (χ2v) is 11.9. The molecule has 31 heavy (non-hydrogen) atoms. The number of amides is 2. The SMILES string of the molecule is CC(=O)Nc1ccc(SC(Cl)(Cl)Cl)c(C)c1C.CSc1ccc(NC(C)=O)c(C)c1C. The molecular weight excluding hydrogens is 495 g/mol. The molecule has 0 unspecified atom stereocenters. The van der Waals surface area contributed by atoms with Crippen LogP contribution in [0.3, 0.4) is 0 Å². The quantitative estimate of drug-likeness (QED) is 0.320. The number of hydrogen-bond acceptors (Lipinski definition) is 4. The fourth-order valence-corrected chi connectivity index (χ4v) is 4.80. The number of halogens is 3. The molecule has 2 amide bonds. The van der Waals surface area contributed by atoms with E-state index in [2.05, 4.69) is 23.8 Å². The van der Waals surface area contributed by atoms with Crippen molar-refractivity contribution in [3.63, 3.8) is 0 Å². The van der Waals surface area contributed by atoms with Crippen LogP contribution in [0.25, 0.3) is 0 Å². The van der Waals surface area contributed by atoms with E-state index >= 15 is 0 Å².